The average Bonchev–Trinajstić information content (AvgIpc) is 3.23. The van der Waals surface area contributed by atoms with Gasteiger partial charge in [-0.2, -0.15) is 0 Å². The molecule has 1 fully saturated rings. The van der Waals surface area contributed by atoms with Crippen molar-refractivity contribution in [3.05, 3.63) is 59.4 Å². The predicted octanol–water partition coefficient (Wildman–Crippen LogP) is 2.10. The molecular weight excluding hydrogens is 348 g/mol. The van der Waals surface area contributed by atoms with Crippen molar-refractivity contribution in [2.45, 2.75) is 12.8 Å². The predicted molar refractivity (Wildman–Crippen MR) is 97.7 cm³/mol. The third-order valence-corrected chi connectivity index (χ3v) is 4.90. The first-order valence-electron chi connectivity index (χ1n) is 8.92. The monoisotopic (exact) mass is 370 g/mol. The molecule has 0 bridgehead atoms. The highest BCUT2D eigenvalue weighted by Crippen LogP contribution is 2.24. The fraction of sp³-hybridized carbons (Fsp3) is 0.350. The summed E-state index contributed by atoms with van der Waals surface area (Å²) in [6.07, 6.45) is 4.66. The Bertz CT molecular complexity index is 792. The zero-order valence-electron chi connectivity index (χ0n) is 14.8. The zero-order chi connectivity index (χ0) is 19.2. The Morgan fingerprint density at radius 1 is 1.07 bits per heavy atom. The van der Waals surface area contributed by atoms with Crippen LogP contribution in [0.15, 0.2) is 42.7 Å². The summed E-state index contributed by atoms with van der Waals surface area (Å²) in [5.41, 5.74) is 1.42. The molecule has 2 heterocycles. The van der Waals surface area contributed by atoms with Crippen LogP contribution in [0.25, 0.3) is 0 Å². The van der Waals surface area contributed by atoms with E-state index in [1.807, 2.05) is 0 Å². The van der Waals surface area contributed by atoms with Crippen molar-refractivity contribution in [2.24, 2.45) is 11.8 Å². The summed E-state index contributed by atoms with van der Waals surface area (Å²) in [7, 11) is 0. The maximum atomic E-state index is 12.3. The number of aliphatic carboxylic acids is 1. The lowest BCUT2D eigenvalue weighted by Gasteiger charge is -2.27. The standard InChI is InChI=1S/C20H22N2O5/c23-18(16-5-8-21-11-16)14-1-3-15(4-2-14)19(24)22-12-17(20(25)26)13-6-9-27-10-7-13/h1-5,8,11,13,17,21H,6-7,9-10,12H2,(H,22,24)(H,25,26). The summed E-state index contributed by atoms with van der Waals surface area (Å²) >= 11 is 0. The lowest BCUT2D eigenvalue weighted by Crippen LogP contribution is -2.39. The molecule has 7 nitrogen and oxygen atoms in total. The number of ether oxygens (including phenoxy) is 1. The Labute approximate surface area is 156 Å². The maximum Gasteiger partial charge on any atom is 0.308 e. The molecule has 0 saturated carbocycles. The average molecular weight is 370 g/mol. The lowest BCUT2D eigenvalue weighted by atomic mass is 9.86. The summed E-state index contributed by atoms with van der Waals surface area (Å²) < 4.78 is 5.27. The lowest BCUT2D eigenvalue weighted by molar-refractivity contribution is -0.144. The van der Waals surface area contributed by atoms with E-state index in [0.29, 0.717) is 42.7 Å². The van der Waals surface area contributed by atoms with Crippen LogP contribution in [-0.2, 0) is 9.53 Å². The smallest absolute Gasteiger partial charge is 0.308 e. The normalized spacial score (nSPS) is 15.9. The van der Waals surface area contributed by atoms with Gasteiger partial charge in [0.05, 0.1) is 5.92 Å². The van der Waals surface area contributed by atoms with Crippen LogP contribution < -0.4 is 5.32 Å². The van der Waals surface area contributed by atoms with E-state index in [1.165, 1.54) is 0 Å². The van der Waals surface area contributed by atoms with Gasteiger partial charge in [-0.3, -0.25) is 14.4 Å². The molecule has 2 aromatic rings. The van der Waals surface area contributed by atoms with Gasteiger partial charge in [0.1, 0.15) is 0 Å². The zero-order valence-corrected chi connectivity index (χ0v) is 14.8. The Hall–Kier alpha value is -2.93. The third-order valence-electron chi connectivity index (χ3n) is 4.90. The molecule has 7 heteroatoms. The van der Waals surface area contributed by atoms with Crippen LogP contribution in [0.2, 0.25) is 0 Å². The number of carboxylic acid groups (broad SMARTS) is 1. The van der Waals surface area contributed by atoms with Crippen LogP contribution >= 0.6 is 0 Å². The largest absolute Gasteiger partial charge is 0.481 e. The summed E-state index contributed by atoms with van der Waals surface area (Å²) in [6, 6.07) is 8.01. The summed E-state index contributed by atoms with van der Waals surface area (Å²) in [4.78, 5) is 39.0. The molecule has 1 amide bonds. The molecule has 3 rings (SSSR count). The van der Waals surface area contributed by atoms with Crippen LogP contribution in [0.5, 0.6) is 0 Å². The van der Waals surface area contributed by atoms with E-state index in [9.17, 15) is 19.5 Å². The molecule has 0 spiro atoms. The topological polar surface area (TPSA) is 108 Å². The van der Waals surface area contributed by atoms with Crippen molar-refractivity contribution in [2.75, 3.05) is 19.8 Å². The number of H-pyrrole nitrogens is 1. The molecule has 27 heavy (non-hydrogen) atoms. The Balaban J connectivity index is 1.60. The highest BCUT2D eigenvalue weighted by Gasteiger charge is 2.30. The molecule has 1 aromatic heterocycles. The molecule has 1 unspecified atom stereocenters. The minimum absolute atomic E-state index is 0.00195. The molecule has 1 atom stereocenters. The van der Waals surface area contributed by atoms with Crippen molar-refractivity contribution in [3.63, 3.8) is 0 Å². The first kappa shape index (κ1) is 18.8. The number of hydrogen-bond acceptors (Lipinski definition) is 4. The van der Waals surface area contributed by atoms with E-state index in [1.54, 1.807) is 42.7 Å². The van der Waals surface area contributed by atoms with Crippen LogP contribution in [0, 0.1) is 11.8 Å². The van der Waals surface area contributed by atoms with Gasteiger partial charge in [0.15, 0.2) is 5.78 Å². The number of hydrogen-bond donors (Lipinski definition) is 3. The number of carbonyl (C=O) groups is 3. The first-order chi connectivity index (χ1) is 13.1. The highest BCUT2D eigenvalue weighted by atomic mass is 16.5. The van der Waals surface area contributed by atoms with Crippen LogP contribution in [0.3, 0.4) is 0 Å². The van der Waals surface area contributed by atoms with E-state index in [4.69, 9.17) is 4.74 Å². The van der Waals surface area contributed by atoms with Gasteiger partial charge in [-0.15, -0.1) is 0 Å². The van der Waals surface area contributed by atoms with Crippen LogP contribution in [-0.4, -0.2) is 47.5 Å². The van der Waals surface area contributed by atoms with Gasteiger partial charge in [-0.05, 0) is 37.0 Å². The number of rotatable bonds is 7. The summed E-state index contributed by atoms with van der Waals surface area (Å²) in [5.74, 6) is -2.03. The minimum Gasteiger partial charge on any atom is -0.481 e. The number of carbonyl (C=O) groups excluding carboxylic acids is 2. The molecule has 1 aliphatic heterocycles. The third kappa shape index (κ3) is 4.62. The van der Waals surface area contributed by atoms with Crippen LogP contribution in [0.1, 0.15) is 39.1 Å². The van der Waals surface area contributed by atoms with Crippen molar-refractivity contribution < 1.29 is 24.2 Å². The van der Waals surface area contributed by atoms with E-state index >= 15 is 0 Å². The molecule has 1 saturated heterocycles. The molecule has 1 aromatic carbocycles. The Morgan fingerprint density at radius 3 is 2.33 bits per heavy atom. The highest BCUT2D eigenvalue weighted by molar-refractivity contribution is 6.09. The molecule has 0 radical (unpaired) electrons. The Morgan fingerprint density at radius 2 is 1.74 bits per heavy atom. The molecular formula is C20H22N2O5. The number of aromatic nitrogens is 1. The van der Waals surface area contributed by atoms with E-state index < -0.39 is 11.9 Å². The quantitative estimate of drug-likeness (QED) is 0.647. The molecule has 1 aliphatic rings. The van der Waals surface area contributed by atoms with Gasteiger partial charge in [0.25, 0.3) is 5.91 Å². The molecule has 0 aliphatic carbocycles. The molecule has 142 valence electrons. The van der Waals surface area contributed by atoms with Gasteiger partial charge in [0, 0.05) is 48.8 Å². The summed E-state index contributed by atoms with van der Waals surface area (Å²) in [5, 5.41) is 12.2. The van der Waals surface area contributed by atoms with E-state index in [-0.39, 0.29) is 24.2 Å². The fourth-order valence-electron chi connectivity index (χ4n) is 3.28. The number of amides is 1. The van der Waals surface area contributed by atoms with Gasteiger partial charge >= 0.3 is 5.97 Å². The second kappa shape index (κ2) is 8.64. The van der Waals surface area contributed by atoms with Crippen molar-refractivity contribution >= 4 is 17.7 Å². The van der Waals surface area contributed by atoms with Crippen molar-refractivity contribution in [1.82, 2.24) is 10.3 Å². The maximum absolute atomic E-state index is 12.3. The van der Waals surface area contributed by atoms with Gasteiger partial charge in [-0.25, -0.2) is 0 Å². The number of aromatic amines is 1. The van der Waals surface area contributed by atoms with Crippen molar-refractivity contribution in [3.8, 4) is 0 Å². The van der Waals surface area contributed by atoms with Gasteiger partial charge in [-0.1, -0.05) is 12.1 Å². The van der Waals surface area contributed by atoms with E-state index in [0.717, 1.165) is 0 Å². The fourth-order valence-corrected chi connectivity index (χ4v) is 3.28. The molecule has 3 N–H and O–H groups in total. The number of carboxylic acids is 1. The number of benzene rings is 1. The van der Waals surface area contributed by atoms with Crippen LogP contribution in [0.4, 0.5) is 0 Å². The van der Waals surface area contributed by atoms with E-state index in [2.05, 4.69) is 10.3 Å². The Kier molecular flexibility index (Phi) is 6.03. The van der Waals surface area contributed by atoms with Crippen molar-refractivity contribution in [1.29, 1.82) is 0 Å². The van der Waals surface area contributed by atoms with Gasteiger partial charge in [0.2, 0.25) is 0 Å². The minimum atomic E-state index is -0.908. The second-order valence-electron chi connectivity index (χ2n) is 6.61. The second-order valence-corrected chi connectivity index (χ2v) is 6.61. The first-order valence-corrected chi connectivity index (χ1v) is 8.92. The van der Waals surface area contributed by atoms with Gasteiger partial charge < -0.3 is 20.1 Å². The number of ketones is 1. The summed E-state index contributed by atoms with van der Waals surface area (Å²) in [6.45, 7) is 1.18. The number of nitrogens with one attached hydrogen (secondary N) is 2. The SMILES string of the molecule is O=C(NCC(C(=O)O)C1CCOCC1)c1ccc(C(=O)c2cc[nH]c2)cc1.